The minimum atomic E-state index is -3.53. The number of sulfone groups is 1. The van der Waals surface area contributed by atoms with E-state index in [1.54, 1.807) is 18.2 Å². The summed E-state index contributed by atoms with van der Waals surface area (Å²) in [4.78, 5) is 12.7. The predicted molar refractivity (Wildman–Crippen MR) is 85.7 cm³/mol. The van der Waals surface area contributed by atoms with E-state index in [1.165, 1.54) is 0 Å². The van der Waals surface area contributed by atoms with E-state index in [4.69, 9.17) is 9.47 Å². The summed E-state index contributed by atoms with van der Waals surface area (Å²) in [5.74, 6) is 0.680. The van der Waals surface area contributed by atoms with Crippen LogP contribution in [0.5, 0.6) is 11.5 Å². The van der Waals surface area contributed by atoms with Crippen LogP contribution in [0.25, 0.3) is 0 Å². The van der Waals surface area contributed by atoms with Gasteiger partial charge in [0, 0.05) is 18.0 Å². The molecule has 2 aliphatic heterocycles. The molecule has 0 unspecified atom stereocenters. The van der Waals surface area contributed by atoms with Crippen LogP contribution in [0.1, 0.15) is 12.8 Å². The Balaban J connectivity index is 1.85. The summed E-state index contributed by atoms with van der Waals surface area (Å²) in [7, 11) is -3.53. The molecule has 2 aliphatic rings. The van der Waals surface area contributed by atoms with Gasteiger partial charge in [-0.2, -0.15) is 0 Å². The Morgan fingerprint density at radius 3 is 2.48 bits per heavy atom. The molecule has 8 heteroatoms. The van der Waals surface area contributed by atoms with E-state index in [-0.39, 0.29) is 12.8 Å². The van der Waals surface area contributed by atoms with Crippen molar-refractivity contribution in [3.8, 4) is 11.5 Å². The molecule has 2 heterocycles. The molecule has 0 bridgehead atoms. The number of benzene rings is 1. The number of carbonyl (C=O) groups excluding carboxylic acids is 1. The van der Waals surface area contributed by atoms with Gasteiger partial charge in [-0.05, 0) is 38.1 Å². The highest BCUT2D eigenvalue weighted by molar-refractivity contribution is 7.92. The molecular weight excluding hydrogens is 320 g/mol. The summed E-state index contributed by atoms with van der Waals surface area (Å²) in [6.07, 6.45) is 1.66. The van der Waals surface area contributed by atoms with Crippen molar-refractivity contribution in [3.63, 3.8) is 0 Å². The van der Waals surface area contributed by atoms with Crippen LogP contribution in [-0.4, -0.2) is 51.6 Å². The third kappa shape index (κ3) is 3.00. The van der Waals surface area contributed by atoms with E-state index in [2.05, 4.69) is 10.6 Å². The van der Waals surface area contributed by atoms with Gasteiger partial charge in [-0.25, -0.2) is 8.42 Å². The van der Waals surface area contributed by atoms with E-state index in [0.29, 0.717) is 43.5 Å². The zero-order valence-corrected chi connectivity index (χ0v) is 13.7. The monoisotopic (exact) mass is 340 g/mol. The van der Waals surface area contributed by atoms with E-state index in [1.807, 2.05) is 0 Å². The molecule has 0 aromatic heterocycles. The van der Waals surface area contributed by atoms with E-state index in [9.17, 15) is 13.2 Å². The molecule has 0 atom stereocenters. The van der Waals surface area contributed by atoms with Gasteiger partial charge in [-0.1, -0.05) is 0 Å². The molecule has 23 heavy (non-hydrogen) atoms. The number of amides is 1. The minimum absolute atomic E-state index is 0.266. The van der Waals surface area contributed by atoms with E-state index >= 15 is 0 Å². The zero-order valence-electron chi connectivity index (χ0n) is 12.9. The van der Waals surface area contributed by atoms with E-state index < -0.39 is 20.5 Å². The molecule has 0 saturated carbocycles. The minimum Gasteiger partial charge on any atom is -0.486 e. The maximum Gasteiger partial charge on any atom is 0.245 e. The normalized spacial score (nSPS) is 19.9. The van der Waals surface area contributed by atoms with Crippen LogP contribution in [0.3, 0.4) is 0 Å². The van der Waals surface area contributed by atoms with Crippen LogP contribution >= 0.6 is 0 Å². The molecule has 1 aromatic rings. The van der Waals surface area contributed by atoms with Crippen molar-refractivity contribution in [1.29, 1.82) is 0 Å². The first-order chi connectivity index (χ1) is 10.9. The third-order valence-corrected chi connectivity index (χ3v) is 6.35. The van der Waals surface area contributed by atoms with Crippen LogP contribution in [0.15, 0.2) is 18.2 Å². The summed E-state index contributed by atoms with van der Waals surface area (Å²) in [6, 6.07) is 5.05. The lowest BCUT2D eigenvalue weighted by molar-refractivity contribution is -0.119. The van der Waals surface area contributed by atoms with Crippen molar-refractivity contribution >= 4 is 21.4 Å². The van der Waals surface area contributed by atoms with Gasteiger partial charge in [-0.3, -0.25) is 4.79 Å². The standard InChI is InChI=1S/C15H20N2O5S/c1-23(19,20)15(4-6-16-7-5-15)14(18)17-11-2-3-12-13(10-11)22-9-8-21-12/h2-3,10,16H,4-9H2,1H3,(H,17,18). The molecule has 0 radical (unpaired) electrons. The fraction of sp³-hybridized carbons (Fsp3) is 0.533. The number of carbonyl (C=O) groups is 1. The number of rotatable bonds is 3. The zero-order chi connectivity index (χ0) is 16.5. The molecule has 0 spiro atoms. The van der Waals surface area contributed by atoms with Crippen LogP contribution < -0.4 is 20.1 Å². The summed E-state index contributed by atoms with van der Waals surface area (Å²) in [6.45, 7) is 1.94. The number of fused-ring (bicyclic) bond motifs is 1. The highest BCUT2D eigenvalue weighted by atomic mass is 32.2. The predicted octanol–water partition coefficient (Wildman–Crippen LogP) is 0.563. The second-order valence-corrected chi connectivity index (χ2v) is 8.15. The molecular formula is C15H20N2O5S. The summed E-state index contributed by atoms with van der Waals surface area (Å²) in [5, 5.41) is 5.82. The number of ether oxygens (including phenoxy) is 2. The molecule has 126 valence electrons. The second-order valence-electron chi connectivity index (χ2n) is 5.83. The topological polar surface area (TPSA) is 93.7 Å². The fourth-order valence-electron chi connectivity index (χ4n) is 2.96. The molecule has 1 fully saturated rings. The number of piperidine rings is 1. The van der Waals surface area contributed by atoms with Gasteiger partial charge in [0.2, 0.25) is 5.91 Å². The van der Waals surface area contributed by atoms with Crippen molar-refractivity contribution < 1.29 is 22.7 Å². The van der Waals surface area contributed by atoms with Crippen molar-refractivity contribution in [1.82, 2.24) is 5.32 Å². The lowest BCUT2D eigenvalue weighted by atomic mass is 9.95. The summed E-state index contributed by atoms with van der Waals surface area (Å²) in [5.41, 5.74) is 0.501. The van der Waals surface area contributed by atoms with Gasteiger partial charge >= 0.3 is 0 Å². The van der Waals surface area contributed by atoms with Crippen molar-refractivity contribution in [2.24, 2.45) is 0 Å². The first-order valence-electron chi connectivity index (χ1n) is 7.54. The van der Waals surface area contributed by atoms with Crippen molar-refractivity contribution in [3.05, 3.63) is 18.2 Å². The Kier molecular flexibility index (Phi) is 4.20. The quantitative estimate of drug-likeness (QED) is 0.835. The maximum absolute atomic E-state index is 12.7. The second kappa shape index (κ2) is 6.01. The Bertz CT molecular complexity index is 711. The Labute approximate surface area is 135 Å². The van der Waals surface area contributed by atoms with Crippen LogP contribution in [0, 0.1) is 0 Å². The Morgan fingerprint density at radius 2 is 1.83 bits per heavy atom. The average molecular weight is 340 g/mol. The number of hydrogen-bond donors (Lipinski definition) is 2. The number of nitrogens with one attached hydrogen (secondary N) is 2. The molecule has 1 aromatic carbocycles. The van der Waals surface area contributed by atoms with Crippen LogP contribution in [-0.2, 0) is 14.6 Å². The smallest absolute Gasteiger partial charge is 0.245 e. The molecule has 2 N–H and O–H groups in total. The number of anilines is 1. The lowest BCUT2D eigenvalue weighted by Crippen LogP contribution is -2.55. The van der Waals surface area contributed by atoms with Gasteiger partial charge in [0.15, 0.2) is 26.1 Å². The van der Waals surface area contributed by atoms with E-state index in [0.717, 1.165) is 6.26 Å². The third-order valence-electron chi connectivity index (χ3n) is 4.33. The molecule has 3 rings (SSSR count). The highest BCUT2D eigenvalue weighted by Gasteiger charge is 2.48. The average Bonchev–Trinajstić information content (AvgIpc) is 2.54. The molecule has 1 saturated heterocycles. The van der Waals surface area contributed by atoms with Gasteiger partial charge < -0.3 is 20.1 Å². The Hall–Kier alpha value is -1.80. The molecule has 7 nitrogen and oxygen atoms in total. The van der Waals surface area contributed by atoms with Gasteiger partial charge in [-0.15, -0.1) is 0 Å². The number of hydrogen-bond acceptors (Lipinski definition) is 6. The Morgan fingerprint density at radius 1 is 1.17 bits per heavy atom. The van der Waals surface area contributed by atoms with Crippen molar-refractivity contribution in [2.45, 2.75) is 17.6 Å². The van der Waals surface area contributed by atoms with Crippen LogP contribution in [0.4, 0.5) is 5.69 Å². The molecule has 0 aliphatic carbocycles. The first-order valence-corrected chi connectivity index (χ1v) is 9.43. The van der Waals surface area contributed by atoms with Gasteiger partial charge in [0.05, 0.1) is 0 Å². The molecule has 1 amide bonds. The van der Waals surface area contributed by atoms with Gasteiger partial charge in [0.25, 0.3) is 0 Å². The van der Waals surface area contributed by atoms with Crippen LogP contribution in [0.2, 0.25) is 0 Å². The first kappa shape index (κ1) is 16.1. The SMILES string of the molecule is CS(=O)(=O)C1(C(=O)Nc2ccc3c(c2)OCCO3)CCNCC1. The maximum atomic E-state index is 12.7. The fourth-order valence-corrected chi connectivity index (χ4v) is 4.30. The highest BCUT2D eigenvalue weighted by Crippen LogP contribution is 2.34. The lowest BCUT2D eigenvalue weighted by Gasteiger charge is -2.34. The largest absolute Gasteiger partial charge is 0.486 e. The van der Waals surface area contributed by atoms with Crippen molar-refractivity contribution in [2.75, 3.05) is 37.9 Å². The summed E-state index contributed by atoms with van der Waals surface area (Å²) < 4.78 is 34.0. The van der Waals surface area contributed by atoms with Gasteiger partial charge in [0.1, 0.15) is 13.2 Å². The summed E-state index contributed by atoms with van der Waals surface area (Å²) >= 11 is 0.